The molecular weight excluding hydrogens is 402 g/mol. The van der Waals surface area contributed by atoms with Gasteiger partial charge >= 0.3 is 0 Å². The van der Waals surface area contributed by atoms with Gasteiger partial charge in [0.15, 0.2) is 0 Å². The van der Waals surface area contributed by atoms with E-state index in [1.165, 1.54) is 0 Å². The highest BCUT2D eigenvalue weighted by Crippen LogP contribution is 2.25. The highest BCUT2D eigenvalue weighted by Gasteiger charge is 2.25. The SMILES string of the molecule is COc1cc(CN2CCNC(=O)[C@H](Cc3cccc(-c4cccnc4)c3)C2)cc(OC)c1. The zero-order valence-corrected chi connectivity index (χ0v) is 18.6. The van der Waals surface area contributed by atoms with Gasteiger partial charge in [-0.25, -0.2) is 0 Å². The fraction of sp³-hybridized carbons (Fsp3) is 0.308. The third-order valence-electron chi connectivity index (χ3n) is 5.80. The number of ether oxygens (including phenoxy) is 2. The van der Waals surface area contributed by atoms with Crippen molar-refractivity contribution in [3.8, 4) is 22.6 Å². The van der Waals surface area contributed by atoms with Crippen molar-refractivity contribution in [1.29, 1.82) is 0 Å². The van der Waals surface area contributed by atoms with Gasteiger partial charge in [0, 0.05) is 44.6 Å². The molecule has 2 heterocycles. The van der Waals surface area contributed by atoms with E-state index in [4.69, 9.17) is 9.47 Å². The number of methoxy groups -OCH3 is 2. The number of nitrogens with one attached hydrogen (secondary N) is 1. The Morgan fingerprint density at radius 1 is 1.00 bits per heavy atom. The summed E-state index contributed by atoms with van der Waals surface area (Å²) in [6, 6.07) is 18.3. The number of carbonyl (C=O) groups is 1. The first kappa shape index (κ1) is 21.8. The molecule has 0 bridgehead atoms. The summed E-state index contributed by atoms with van der Waals surface area (Å²) in [6.07, 6.45) is 4.33. The summed E-state index contributed by atoms with van der Waals surface area (Å²) in [5.41, 5.74) is 4.45. The number of nitrogens with zero attached hydrogens (tertiary/aromatic N) is 2. The summed E-state index contributed by atoms with van der Waals surface area (Å²) in [7, 11) is 3.31. The Hall–Kier alpha value is -3.38. The molecular formula is C26H29N3O3. The van der Waals surface area contributed by atoms with Gasteiger partial charge in [0.2, 0.25) is 5.91 Å². The third-order valence-corrected chi connectivity index (χ3v) is 5.80. The largest absolute Gasteiger partial charge is 0.497 e. The van der Waals surface area contributed by atoms with Gasteiger partial charge in [-0.15, -0.1) is 0 Å². The standard InChI is InChI=1S/C26H29N3O3/c1-31-24-13-20(14-25(15-24)32-2)17-29-10-9-28-26(30)23(18-29)12-19-5-3-6-21(11-19)22-7-4-8-27-16-22/h3-8,11,13-16,23H,9-10,12,17-18H2,1-2H3,(H,28,30)/t23-/m1/s1. The second-order valence-corrected chi connectivity index (χ2v) is 8.09. The topological polar surface area (TPSA) is 63.7 Å². The van der Waals surface area contributed by atoms with Gasteiger partial charge in [0.05, 0.1) is 20.1 Å². The van der Waals surface area contributed by atoms with Crippen molar-refractivity contribution >= 4 is 5.91 Å². The average molecular weight is 432 g/mol. The molecule has 6 heteroatoms. The lowest BCUT2D eigenvalue weighted by Crippen LogP contribution is -2.33. The minimum Gasteiger partial charge on any atom is -0.497 e. The molecule has 2 aromatic carbocycles. The van der Waals surface area contributed by atoms with E-state index in [0.717, 1.165) is 46.8 Å². The zero-order chi connectivity index (χ0) is 22.3. The molecule has 0 spiro atoms. The van der Waals surface area contributed by atoms with Crippen molar-refractivity contribution in [2.45, 2.75) is 13.0 Å². The lowest BCUT2D eigenvalue weighted by Gasteiger charge is -2.23. The molecule has 1 N–H and O–H groups in total. The van der Waals surface area contributed by atoms with Gasteiger partial charge in [-0.1, -0.05) is 30.3 Å². The fourth-order valence-electron chi connectivity index (χ4n) is 4.18. The molecule has 1 aliphatic rings. The van der Waals surface area contributed by atoms with Gasteiger partial charge in [0.1, 0.15) is 11.5 Å². The van der Waals surface area contributed by atoms with E-state index in [0.29, 0.717) is 19.5 Å². The first-order chi connectivity index (χ1) is 15.6. The average Bonchev–Trinajstić information content (AvgIpc) is 3.00. The molecule has 0 unspecified atom stereocenters. The van der Waals surface area contributed by atoms with Crippen molar-refractivity contribution in [3.63, 3.8) is 0 Å². The van der Waals surface area contributed by atoms with Crippen LogP contribution in [0.4, 0.5) is 0 Å². The van der Waals surface area contributed by atoms with E-state index in [1.54, 1.807) is 20.4 Å². The number of carbonyl (C=O) groups excluding carboxylic acids is 1. The number of aromatic nitrogens is 1. The molecule has 3 aromatic rings. The van der Waals surface area contributed by atoms with Gasteiger partial charge in [-0.05, 0) is 46.9 Å². The van der Waals surface area contributed by atoms with Crippen molar-refractivity contribution < 1.29 is 14.3 Å². The maximum atomic E-state index is 12.8. The molecule has 1 saturated heterocycles. The van der Waals surface area contributed by atoms with E-state index < -0.39 is 0 Å². The molecule has 0 saturated carbocycles. The van der Waals surface area contributed by atoms with E-state index in [2.05, 4.69) is 39.5 Å². The fourth-order valence-corrected chi connectivity index (χ4v) is 4.18. The first-order valence-corrected chi connectivity index (χ1v) is 10.9. The highest BCUT2D eigenvalue weighted by molar-refractivity contribution is 5.79. The van der Waals surface area contributed by atoms with Crippen LogP contribution in [0.3, 0.4) is 0 Å². The van der Waals surface area contributed by atoms with Crippen LogP contribution in [-0.4, -0.2) is 49.6 Å². The lowest BCUT2D eigenvalue weighted by molar-refractivity contribution is -0.124. The Labute approximate surface area is 189 Å². The Morgan fingerprint density at radius 2 is 1.78 bits per heavy atom. The quantitative estimate of drug-likeness (QED) is 0.620. The highest BCUT2D eigenvalue weighted by atomic mass is 16.5. The number of amides is 1. The molecule has 0 aliphatic carbocycles. The predicted octanol–water partition coefficient (Wildman–Crippen LogP) is 3.56. The zero-order valence-electron chi connectivity index (χ0n) is 18.6. The lowest BCUT2D eigenvalue weighted by atomic mass is 9.95. The molecule has 1 aromatic heterocycles. The molecule has 1 fully saturated rings. The molecule has 6 nitrogen and oxygen atoms in total. The van der Waals surface area contributed by atoms with Crippen LogP contribution in [-0.2, 0) is 17.8 Å². The molecule has 0 radical (unpaired) electrons. The van der Waals surface area contributed by atoms with Gasteiger partial charge in [-0.3, -0.25) is 14.7 Å². The Bertz CT molecular complexity index is 1030. The second kappa shape index (κ2) is 10.3. The van der Waals surface area contributed by atoms with E-state index >= 15 is 0 Å². The maximum absolute atomic E-state index is 12.8. The van der Waals surface area contributed by atoms with Crippen molar-refractivity contribution in [1.82, 2.24) is 15.2 Å². The number of rotatable bonds is 7. The summed E-state index contributed by atoms with van der Waals surface area (Å²) < 4.78 is 10.8. The molecule has 1 atom stereocenters. The Morgan fingerprint density at radius 3 is 2.50 bits per heavy atom. The number of pyridine rings is 1. The summed E-state index contributed by atoms with van der Waals surface area (Å²) in [4.78, 5) is 19.3. The van der Waals surface area contributed by atoms with E-state index in [9.17, 15) is 4.79 Å². The smallest absolute Gasteiger partial charge is 0.224 e. The number of hydrogen-bond acceptors (Lipinski definition) is 5. The van der Waals surface area contributed by atoms with Crippen LogP contribution in [0.1, 0.15) is 11.1 Å². The van der Waals surface area contributed by atoms with Crippen LogP contribution in [0, 0.1) is 5.92 Å². The van der Waals surface area contributed by atoms with Crippen molar-refractivity contribution in [3.05, 3.63) is 78.1 Å². The Balaban J connectivity index is 1.49. The number of benzene rings is 2. The summed E-state index contributed by atoms with van der Waals surface area (Å²) >= 11 is 0. The normalized spacial score (nSPS) is 16.8. The minimum absolute atomic E-state index is 0.113. The molecule has 166 valence electrons. The van der Waals surface area contributed by atoms with Crippen molar-refractivity contribution in [2.24, 2.45) is 5.92 Å². The van der Waals surface area contributed by atoms with Crippen LogP contribution in [0.5, 0.6) is 11.5 Å². The monoisotopic (exact) mass is 431 g/mol. The molecule has 32 heavy (non-hydrogen) atoms. The summed E-state index contributed by atoms with van der Waals surface area (Å²) in [5.74, 6) is 1.54. The molecule has 1 aliphatic heterocycles. The van der Waals surface area contributed by atoms with Crippen molar-refractivity contribution in [2.75, 3.05) is 33.9 Å². The van der Waals surface area contributed by atoms with Crippen LogP contribution in [0.15, 0.2) is 67.0 Å². The molecule has 4 rings (SSSR count). The van der Waals surface area contributed by atoms with Crippen LogP contribution in [0.2, 0.25) is 0 Å². The summed E-state index contributed by atoms with van der Waals surface area (Å²) in [6.45, 7) is 2.88. The van der Waals surface area contributed by atoms with E-state index in [1.807, 2.05) is 36.5 Å². The minimum atomic E-state index is -0.117. The predicted molar refractivity (Wildman–Crippen MR) is 125 cm³/mol. The molecule has 1 amide bonds. The Kier molecular flexibility index (Phi) is 7.02. The van der Waals surface area contributed by atoms with Gasteiger partial charge in [-0.2, -0.15) is 0 Å². The first-order valence-electron chi connectivity index (χ1n) is 10.9. The third kappa shape index (κ3) is 5.45. The second-order valence-electron chi connectivity index (χ2n) is 8.09. The van der Waals surface area contributed by atoms with Crippen LogP contribution >= 0.6 is 0 Å². The van der Waals surface area contributed by atoms with Gasteiger partial charge < -0.3 is 14.8 Å². The van der Waals surface area contributed by atoms with Crippen LogP contribution in [0.25, 0.3) is 11.1 Å². The van der Waals surface area contributed by atoms with Crippen LogP contribution < -0.4 is 14.8 Å². The van der Waals surface area contributed by atoms with E-state index in [-0.39, 0.29) is 11.8 Å². The maximum Gasteiger partial charge on any atom is 0.224 e. The number of hydrogen-bond donors (Lipinski definition) is 1. The van der Waals surface area contributed by atoms with Gasteiger partial charge in [0.25, 0.3) is 0 Å². The summed E-state index contributed by atoms with van der Waals surface area (Å²) in [5, 5.41) is 3.08.